The van der Waals surface area contributed by atoms with Crippen molar-refractivity contribution in [3.05, 3.63) is 26.7 Å². The Morgan fingerprint density at radius 3 is 2.32 bits per heavy atom. The molecule has 0 saturated heterocycles. The first-order chi connectivity index (χ1) is 8.77. The molecule has 0 bridgehead atoms. The van der Waals surface area contributed by atoms with Crippen LogP contribution in [0.5, 0.6) is 0 Å². The number of hydrogen-bond acceptors (Lipinski definition) is 2. The van der Waals surface area contributed by atoms with Gasteiger partial charge in [-0.15, -0.1) is 0 Å². The zero-order valence-electron chi connectivity index (χ0n) is 10.1. The molecule has 0 fully saturated rings. The van der Waals surface area contributed by atoms with Crippen molar-refractivity contribution in [3.8, 4) is 0 Å². The Hall–Kier alpha value is 0.670. The van der Waals surface area contributed by atoms with Crippen molar-refractivity contribution in [1.82, 2.24) is 4.72 Å². The first-order valence-electron chi connectivity index (χ1n) is 5.48. The maximum Gasteiger partial charge on any atom is 0.243 e. The Morgan fingerprint density at radius 1 is 1.32 bits per heavy atom. The van der Waals surface area contributed by atoms with Gasteiger partial charge in [-0.25, -0.2) is 13.1 Å². The molecule has 1 atom stereocenters. The van der Waals surface area contributed by atoms with Gasteiger partial charge in [0, 0.05) is 16.3 Å². The van der Waals surface area contributed by atoms with E-state index in [1.165, 1.54) is 12.1 Å². The molecule has 0 radical (unpaired) electrons. The fraction of sp³-hybridized carbons (Fsp3) is 0.455. The lowest BCUT2D eigenvalue weighted by molar-refractivity contribution is 0.532. The molecule has 3 nitrogen and oxygen atoms in total. The lowest BCUT2D eigenvalue weighted by atomic mass is 10.1. The van der Waals surface area contributed by atoms with Gasteiger partial charge >= 0.3 is 0 Å². The van der Waals surface area contributed by atoms with E-state index in [-0.39, 0.29) is 20.9 Å². The van der Waals surface area contributed by atoms with Crippen LogP contribution in [0.2, 0.25) is 10.0 Å². The molecule has 0 spiro atoms. The third-order valence-electron chi connectivity index (χ3n) is 2.46. The number of rotatable bonds is 6. The molecule has 0 aliphatic carbocycles. The minimum Gasteiger partial charge on any atom is -0.211 e. The highest BCUT2D eigenvalue weighted by molar-refractivity contribution is 9.10. The van der Waals surface area contributed by atoms with Crippen LogP contribution in [0.15, 0.2) is 21.5 Å². The van der Waals surface area contributed by atoms with Crippen molar-refractivity contribution in [3.63, 3.8) is 0 Å². The van der Waals surface area contributed by atoms with Gasteiger partial charge in [0.05, 0.1) is 10.0 Å². The number of halogens is 4. The molecule has 1 rings (SSSR count). The van der Waals surface area contributed by atoms with Crippen LogP contribution in [0, 0.1) is 5.92 Å². The van der Waals surface area contributed by atoms with Crippen LogP contribution in [0.4, 0.5) is 0 Å². The van der Waals surface area contributed by atoms with Crippen LogP contribution < -0.4 is 4.72 Å². The number of sulfonamides is 1. The first-order valence-corrected chi connectivity index (χ1v) is 9.63. The third kappa shape index (κ3) is 5.17. The van der Waals surface area contributed by atoms with Gasteiger partial charge in [-0.05, 0) is 24.5 Å². The lowest BCUT2D eigenvalue weighted by Gasteiger charge is -2.13. The molecule has 19 heavy (non-hydrogen) atoms. The van der Waals surface area contributed by atoms with Gasteiger partial charge in [-0.1, -0.05) is 62.0 Å². The molecule has 0 aliphatic heterocycles. The molecular formula is C11H13Br2Cl2NO2S. The predicted molar refractivity (Wildman–Crippen MR) is 86.9 cm³/mol. The van der Waals surface area contributed by atoms with Gasteiger partial charge in [0.1, 0.15) is 4.90 Å². The molecule has 0 saturated carbocycles. The quantitative estimate of drug-likeness (QED) is 0.646. The molecule has 0 amide bonds. The Bertz CT molecular complexity index is 529. The summed E-state index contributed by atoms with van der Waals surface area (Å²) in [5, 5.41) is 1.02. The molecule has 0 heterocycles. The van der Waals surface area contributed by atoms with Crippen molar-refractivity contribution in [2.45, 2.75) is 18.2 Å². The van der Waals surface area contributed by atoms with Gasteiger partial charge in [0.2, 0.25) is 10.0 Å². The Kier molecular flexibility index (Phi) is 7.10. The summed E-state index contributed by atoms with van der Waals surface area (Å²) >= 11 is 18.4. The summed E-state index contributed by atoms with van der Waals surface area (Å²) in [6.45, 7) is 2.31. The van der Waals surface area contributed by atoms with E-state index in [4.69, 9.17) is 23.2 Å². The highest BCUT2D eigenvalue weighted by atomic mass is 79.9. The third-order valence-corrected chi connectivity index (χ3v) is 5.72. The van der Waals surface area contributed by atoms with E-state index in [0.29, 0.717) is 11.0 Å². The van der Waals surface area contributed by atoms with E-state index in [2.05, 4.69) is 36.6 Å². The summed E-state index contributed by atoms with van der Waals surface area (Å²) in [6, 6.07) is 3.01. The Labute approximate surface area is 140 Å². The van der Waals surface area contributed by atoms with Crippen molar-refractivity contribution in [1.29, 1.82) is 0 Å². The Balaban J connectivity index is 2.95. The second-order valence-corrected chi connectivity index (χ2v) is 8.36. The number of hydrogen-bond donors (Lipinski definition) is 1. The molecule has 1 N–H and O–H groups in total. The molecule has 0 aliphatic rings. The minimum atomic E-state index is -3.70. The zero-order chi connectivity index (χ0) is 14.6. The van der Waals surface area contributed by atoms with Crippen LogP contribution in [-0.2, 0) is 10.0 Å². The molecule has 1 unspecified atom stereocenters. The van der Waals surface area contributed by atoms with Gasteiger partial charge in [-0.3, -0.25) is 0 Å². The average Bonchev–Trinajstić information content (AvgIpc) is 2.25. The lowest BCUT2D eigenvalue weighted by Crippen LogP contribution is -2.29. The monoisotopic (exact) mass is 451 g/mol. The maximum atomic E-state index is 12.2. The van der Waals surface area contributed by atoms with E-state index in [0.717, 1.165) is 11.8 Å². The van der Waals surface area contributed by atoms with Gasteiger partial charge in [0.15, 0.2) is 0 Å². The molecule has 108 valence electrons. The molecule has 1 aromatic carbocycles. The average molecular weight is 454 g/mol. The van der Waals surface area contributed by atoms with Gasteiger partial charge < -0.3 is 0 Å². The summed E-state index contributed by atoms with van der Waals surface area (Å²) < 4.78 is 27.5. The van der Waals surface area contributed by atoms with Gasteiger partial charge in [-0.2, -0.15) is 0 Å². The largest absolute Gasteiger partial charge is 0.243 e. The van der Waals surface area contributed by atoms with Crippen LogP contribution in [0.3, 0.4) is 0 Å². The highest BCUT2D eigenvalue weighted by Gasteiger charge is 2.22. The Morgan fingerprint density at radius 2 is 1.84 bits per heavy atom. The van der Waals surface area contributed by atoms with E-state index >= 15 is 0 Å². The minimum absolute atomic E-state index is 0.0786. The summed E-state index contributed by atoms with van der Waals surface area (Å²) in [4.78, 5) is -0.0786. The molecule has 8 heteroatoms. The van der Waals surface area contributed by atoms with Crippen LogP contribution in [-0.4, -0.2) is 20.3 Å². The number of nitrogens with one attached hydrogen (secondary N) is 1. The van der Waals surface area contributed by atoms with Crippen LogP contribution in [0.25, 0.3) is 0 Å². The topological polar surface area (TPSA) is 46.2 Å². The normalized spacial score (nSPS) is 13.5. The second kappa shape index (κ2) is 7.61. The number of alkyl halides is 1. The van der Waals surface area contributed by atoms with Crippen LogP contribution >= 0.6 is 55.1 Å². The molecule has 1 aromatic rings. The standard InChI is InChI=1S/C11H13Br2Cl2NO2S/c1-7(2-3-12)6-16-19(17,18)11-9(14)4-8(13)5-10(11)15/h4-5,7,16H,2-3,6H2,1H3. The van der Waals surface area contributed by atoms with E-state index in [1.807, 2.05) is 6.92 Å². The van der Waals surface area contributed by atoms with Crippen molar-refractivity contribution in [2.24, 2.45) is 5.92 Å². The zero-order valence-corrected chi connectivity index (χ0v) is 15.6. The van der Waals surface area contributed by atoms with Crippen LogP contribution in [0.1, 0.15) is 13.3 Å². The summed E-state index contributed by atoms with van der Waals surface area (Å²) in [5.74, 6) is 0.224. The maximum absolute atomic E-state index is 12.2. The van der Waals surface area contributed by atoms with E-state index in [1.54, 1.807) is 0 Å². The van der Waals surface area contributed by atoms with E-state index < -0.39 is 10.0 Å². The highest BCUT2D eigenvalue weighted by Crippen LogP contribution is 2.32. The smallest absolute Gasteiger partial charge is 0.211 e. The fourth-order valence-electron chi connectivity index (χ4n) is 1.40. The summed E-state index contributed by atoms with van der Waals surface area (Å²) in [7, 11) is -3.70. The van der Waals surface area contributed by atoms with Gasteiger partial charge in [0.25, 0.3) is 0 Å². The van der Waals surface area contributed by atoms with Crippen molar-refractivity contribution in [2.75, 3.05) is 11.9 Å². The second-order valence-electron chi connectivity index (χ2n) is 4.13. The predicted octanol–water partition coefficient (Wildman–Crippen LogP) is 4.46. The van der Waals surface area contributed by atoms with Crippen molar-refractivity contribution < 1.29 is 8.42 Å². The SMILES string of the molecule is CC(CCBr)CNS(=O)(=O)c1c(Cl)cc(Br)cc1Cl. The van der Waals surface area contributed by atoms with E-state index in [9.17, 15) is 8.42 Å². The molecular weight excluding hydrogens is 441 g/mol. The van der Waals surface area contributed by atoms with Crippen molar-refractivity contribution >= 4 is 65.1 Å². The number of benzene rings is 1. The fourth-order valence-corrected chi connectivity index (χ4v) is 5.28. The summed E-state index contributed by atoms with van der Waals surface area (Å²) in [6.07, 6.45) is 0.879. The molecule has 0 aromatic heterocycles. The summed E-state index contributed by atoms with van der Waals surface area (Å²) in [5.41, 5.74) is 0. The first kappa shape index (κ1) is 17.7.